The number of carbonyl (C=O) groups excluding carboxylic acids is 1. The number of esters is 1. The van der Waals surface area contributed by atoms with E-state index in [1.54, 1.807) is 0 Å². The minimum Gasteiger partial charge on any atom is -0.478 e. The third-order valence-electron chi connectivity index (χ3n) is 3.25. The summed E-state index contributed by atoms with van der Waals surface area (Å²) in [6.45, 7) is 1.85. The predicted octanol–water partition coefficient (Wildman–Crippen LogP) is 1.61. The lowest BCUT2D eigenvalue weighted by Gasteiger charge is -2.29. The van der Waals surface area contributed by atoms with Gasteiger partial charge in [-0.2, -0.15) is 0 Å². The number of hydrogen-bond donors (Lipinski definition) is 1. The summed E-state index contributed by atoms with van der Waals surface area (Å²) in [6, 6.07) is 9.43. The summed E-state index contributed by atoms with van der Waals surface area (Å²) in [7, 11) is 1.41. The summed E-state index contributed by atoms with van der Waals surface area (Å²) in [5.74, 6) is 0.649. The molecular weight excluding hydrogens is 230 g/mol. The number of nitrogens with one attached hydrogen (secondary N) is 1. The molecule has 2 rings (SSSR count). The minimum atomic E-state index is -0.500. The summed E-state index contributed by atoms with van der Waals surface area (Å²) in [6.07, 6.45) is 1.37. The van der Waals surface area contributed by atoms with E-state index in [-0.39, 0.29) is 11.9 Å². The Morgan fingerprint density at radius 3 is 2.56 bits per heavy atom. The van der Waals surface area contributed by atoms with Gasteiger partial charge in [-0.3, -0.25) is 0 Å². The molecule has 0 bridgehead atoms. The van der Waals surface area contributed by atoms with E-state index < -0.39 is 6.10 Å². The standard InChI is InChI=1S/C14H19NO3/c1-17-14(16)13(11-7-9-15-10-8-11)18-12-5-3-2-4-6-12/h2-6,11,13,15H,7-10H2,1H3. The maximum atomic E-state index is 11.8. The summed E-state index contributed by atoms with van der Waals surface area (Å²) >= 11 is 0. The number of hydrogen-bond acceptors (Lipinski definition) is 4. The van der Waals surface area contributed by atoms with Crippen molar-refractivity contribution in [2.45, 2.75) is 18.9 Å². The lowest BCUT2D eigenvalue weighted by molar-refractivity contribution is -0.152. The van der Waals surface area contributed by atoms with Crippen LogP contribution in [-0.2, 0) is 9.53 Å². The van der Waals surface area contributed by atoms with Gasteiger partial charge in [0.05, 0.1) is 7.11 Å². The molecule has 1 aromatic carbocycles. The number of para-hydroxylation sites is 1. The first-order valence-corrected chi connectivity index (χ1v) is 6.31. The first-order chi connectivity index (χ1) is 8.81. The number of piperidine rings is 1. The molecule has 0 aliphatic carbocycles. The van der Waals surface area contributed by atoms with Gasteiger partial charge in [-0.1, -0.05) is 18.2 Å². The smallest absolute Gasteiger partial charge is 0.347 e. The zero-order chi connectivity index (χ0) is 12.8. The molecule has 4 heteroatoms. The second-order valence-corrected chi connectivity index (χ2v) is 4.46. The Hall–Kier alpha value is -1.55. The van der Waals surface area contributed by atoms with Gasteiger partial charge in [0.15, 0.2) is 6.10 Å². The summed E-state index contributed by atoms with van der Waals surface area (Å²) in [5, 5.41) is 3.28. The quantitative estimate of drug-likeness (QED) is 0.823. The van der Waals surface area contributed by atoms with Crippen LogP contribution in [0.2, 0.25) is 0 Å². The highest BCUT2D eigenvalue weighted by Gasteiger charge is 2.32. The van der Waals surface area contributed by atoms with Crippen molar-refractivity contribution in [2.24, 2.45) is 5.92 Å². The van der Waals surface area contributed by atoms with Crippen LogP contribution in [0.25, 0.3) is 0 Å². The summed E-state index contributed by atoms with van der Waals surface area (Å²) in [4.78, 5) is 11.8. The third-order valence-corrected chi connectivity index (χ3v) is 3.25. The summed E-state index contributed by atoms with van der Waals surface area (Å²) in [5.41, 5.74) is 0. The molecule has 1 N–H and O–H groups in total. The molecule has 1 heterocycles. The zero-order valence-corrected chi connectivity index (χ0v) is 10.6. The van der Waals surface area contributed by atoms with Gasteiger partial charge in [-0.25, -0.2) is 4.79 Å². The van der Waals surface area contributed by atoms with Gasteiger partial charge in [0, 0.05) is 5.92 Å². The Bertz CT molecular complexity index is 374. The molecule has 0 amide bonds. The molecule has 1 aliphatic heterocycles. The molecule has 18 heavy (non-hydrogen) atoms. The van der Waals surface area contributed by atoms with E-state index in [1.165, 1.54) is 7.11 Å². The largest absolute Gasteiger partial charge is 0.478 e. The first kappa shape index (κ1) is 12.9. The average Bonchev–Trinajstić information content (AvgIpc) is 2.46. The maximum absolute atomic E-state index is 11.8. The predicted molar refractivity (Wildman–Crippen MR) is 68.5 cm³/mol. The highest BCUT2D eigenvalue weighted by Crippen LogP contribution is 2.22. The molecule has 0 spiro atoms. The van der Waals surface area contributed by atoms with Gasteiger partial charge in [-0.05, 0) is 38.1 Å². The fourth-order valence-corrected chi connectivity index (χ4v) is 2.25. The van der Waals surface area contributed by atoms with E-state index in [1.807, 2.05) is 30.3 Å². The van der Waals surface area contributed by atoms with E-state index in [4.69, 9.17) is 9.47 Å². The number of carbonyl (C=O) groups is 1. The van der Waals surface area contributed by atoms with Crippen LogP contribution in [0.15, 0.2) is 30.3 Å². The molecular formula is C14H19NO3. The topological polar surface area (TPSA) is 47.6 Å². The number of methoxy groups -OCH3 is 1. The van der Waals surface area contributed by atoms with Crippen LogP contribution in [0.1, 0.15) is 12.8 Å². The van der Waals surface area contributed by atoms with Crippen LogP contribution in [0.5, 0.6) is 5.75 Å². The molecule has 1 atom stereocenters. The molecule has 1 fully saturated rings. The fraction of sp³-hybridized carbons (Fsp3) is 0.500. The van der Waals surface area contributed by atoms with Crippen molar-refractivity contribution in [2.75, 3.05) is 20.2 Å². The molecule has 0 aromatic heterocycles. The van der Waals surface area contributed by atoms with Crippen LogP contribution in [0, 0.1) is 5.92 Å². The molecule has 4 nitrogen and oxygen atoms in total. The van der Waals surface area contributed by atoms with Crippen molar-refractivity contribution in [3.63, 3.8) is 0 Å². The molecule has 1 aromatic rings. The molecule has 0 saturated carbocycles. The SMILES string of the molecule is COC(=O)C(Oc1ccccc1)C1CCNCC1. The van der Waals surface area contributed by atoms with Gasteiger partial charge in [0.1, 0.15) is 5.75 Å². The van der Waals surface area contributed by atoms with Crippen LogP contribution in [0.3, 0.4) is 0 Å². The van der Waals surface area contributed by atoms with E-state index in [2.05, 4.69) is 5.32 Å². The van der Waals surface area contributed by atoms with Crippen LogP contribution in [-0.4, -0.2) is 32.3 Å². The van der Waals surface area contributed by atoms with Crippen LogP contribution < -0.4 is 10.1 Å². The van der Waals surface area contributed by atoms with Gasteiger partial charge in [-0.15, -0.1) is 0 Å². The minimum absolute atomic E-state index is 0.221. The molecule has 1 unspecified atom stereocenters. The highest BCUT2D eigenvalue weighted by molar-refractivity contribution is 5.75. The van der Waals surface area contributed by atoms with Crippen LogP contribution >= 0.6 is 0 Å². The highest BCUT2D eigenvalue weighted by atomic mass is 16.6. The Morgan fingerprint density at radius 1 is 1.28 bits per heavy atom. The van der Waals surface area contributed by atoms with Crippen molar-refractivity contribution in [1.82, 2.24) is 5.32 Å². The summed E-state index contributed by atoms with van der Waals surface area (Å²) < 4.78 is 10.7. The maximum Gasteiger partial charge on any atom is 0.347 e. The van der Waals surface area contributed by atoms with E-state index in [0.29, 0.717) is 5.75 Å². The molecule has 98 valence electrons. The van der Waals surface area contributed by atoms with Crippen LogP contribution in [0.4, 0.5) is 0 Å². The van der Waals surface area contributed by atoms with Crippen molar-refractivity contribution in [3.05, 3.63) is 30.3 Å². The van der Waals surface area contributed by atoms with Gasteiger partial charge >= 0.3 is 5.97 Å². The van der Waals surface area contributed by atoms with E-state index in [9.17, 15) is 4.79 Å². The van der Waals surface area contributed by atoms with Crippen molar-refractivity contribution < 1.29 is 14.3 Å². The lowest BCUT2D eigenvalue weighted by Crippen LogP contribution is -2.42. The van der Waals surface area contributed by atoms with Crippen molar-refractivity contribution in [1.29, 1.82) is 0 Å². The zero-order valence-electron chi connectivity index (χ0n) is 10.6. The van der Waals surface area contributed by atoms with Gasteiger partial charge in [0.2, 0.25) is 0 Å². The van der Waals surface area contributed by atoms with E-state index in [0.717, 1.165) is 25.9 Å². The van der Waals surface area contributed by atoms with Crippen molar-refractivity contribution >= 4 is 5.97 Å². The van der Waals surface area contributed by atoms with E-state index >= 15 is 0 Å². The second-order valence-electron chi connectivity index (χ2n) is 4.46. The molecule has 1 saturated heterocycles. The third kappa shape index (κ3) is 3.23. The van der Waals surface area contributed by atoms with Gasteiger partial charge in [0.25, 0.3) is 0 Å². The second kappa shape index (κ2) is 6.40. The molecule has 0 radical (unpaired) electrons. The van der Waals surface area contributed by atoms with Crippen molar-refractivity contribution in [3.8, 4) is 5.75 Å². The number of benzene rings is 1. The Balaban J connectivity index is 2.07. The Kier molecular flexibility index (Phi) is 4.59. The fourth-order valence-electron chi connectivity index (χ4n) is 2.25. The monoisotopic (exact) mass is 249 g/mol. The normalized spacial score (nSPS) is 18.1. The Morgan fingerprint density at radius 2 is 1.94 bits per heavy atom. The first-order valence-electron chi connectivity index (χ1n) is 6.31. The lowest BCUT2D eigenvalue weighted by atomic mass is 9.92. The molecule has 1 aliphatic rings. The number of ether oxygens (including phenoxy) is 2. The Labute approximate surface area is 107 Å². The number of rotatable bonds is 4. The average molecular weight is 249 g/mol. The van der Waals surface area contributed by atoms with Gasteiger partial charge < -0.3 is 14.8 Å².